The summed E-state index contributed by atoms with van der Waals surface area (Å²) in [4.78, 5) is 15.8. The van der Waals surface area contributed by atoms with E-state index in [4.69, 9.17) is 21.1 Å². The summed E-state index contributed by atoms with van der Waals surface area (Å²) in [6.45, 7) is 1.93. The molecular weight excluding hydrogens is 590 g/mol. The van der Waals surface area contributed by atoms with Crippen LogP contribution in [0.5, 0.6) is 11.5 Å². The van der Waals surface area contributed by atoms with E-state index in [0.717, 1.165) is 64.7 Å². The van der Waals surface area contributed by atoms with Gasteiger partial charge in [0, 0.05) is 29.2 Å². The van der Waals surface area contributed by atoms with Gasteiger partial charge in [-0.05, 0) is 72.8 Å². The Labute approximate surface area is 239 Å². The van der Waals surface area contributed by atoms with Gasteiger partial charge < -0.3 is 19.7 Å². The van der Waals surface area contributed by atoms with Gasteiger partial charge in [-0.2, -0.15) is 0 Å². The van der Waals surface area contributed by atoms with Crippen molar-refractivity contribution >= 4 is 39.0 Å². The largest absolute Gasteiger partial charge is 0.490 e. The lowest BCUT2D eigenvalue weighted by atomic mass is 9.93. The van der Waals surface area contributed by atoms with Crippen LogP contribution in [0.4, 0.5) is 8.78 Å². The molecule has 3 aromatic rings. The van der Waals surface area contributed by atoms with Crippen molar-refractivity contribution in [2.45, 2.75) is 31.8 Å². The first-order valence-electron chi connectivity index (χ1n) is 12.9. The fourth-order valence-electron chi connectivity index (χ4n) is 4.64. The molecule has 0 radical (unpaired) electrons. The SMILES string of the molecule is O=C(C1=C(c2ccc(OCCOc3c(F)ccc(Cl)c3F)cc2)CCNC1)N(Cc1ccccc1Br)C1CC1. The summed E-state index contributed by atoms with van der Waals surface area (Å²) in [6, 6.07) is 18.0. The van der Waals surface area contributed by atoms with Crippen LogP contribution < -0.4 is 14.8 Å². The Bertz CT molecular complexity index is 1380. The van der Waals surface area contributed by atoms with Gasteiger partial charge in [0.15, 0.2) is 17.4 Å². The number of ether oxygens (including phenoxy) is 2. The van der Waals surface area contributed by atoms with E-state index in [9.17, 15) is 13.6 Å². The number of halogens is 4. The molecule has 1 amide bonds. The maximum Gasteiger partial charge on any atom is 0.251 e. The van der Waals surface area contributed by atoms with Gasteiger partial charge in [0.05, 0.1) is 5.02 Å². The van der Waals surface area contributed by atoms with Gasteiger partial charge in [-0.15, -0.1) is 0 Å². The number of benzene rings is 3. The van der Waals surface area contributed by atoms with E-state index in [-0.39, 0.29) is 30.2 Å². The zero-order valence-electron chi connectivity index (χ0n) is 21.2. The van der Waals surface area contributed by atoms with Crippen molar-refractivity contribution < 1.29 is 23.0 Å². The minimum atomic E-state index is -0.932. The Balaban J connectivity index is 1.26. The van der Waals surface area contributed by atoms with Gasteiger partial charge >= 0.3 is 0 Å². The first-order valence-corrected chi connectivity index (χ1v) is 14.1. The van der Waals surface area contributed by atoms with Crippen LogP contribution in [0.15, 0.2) is 70.7 Å². The average Bonchev–Trinajstić information content (AvgIpc) is 3.80. The third-order valence-corrected chi connectivity index (χ3v) is 7.89. The molecule has 0 aromatic heterocycles. The van der Waals surface area contributed by atoms with Crippen LogP contribution in [0.3, 0.4) is 0 Å². The topological polar surface area (TPSA) is 50.8 Å². The zero-order valence-corrected chi connectivity index (χ0v) is 23.5. The number of carbonyl (C=O) groups is 1. The van der Waals surface area contributed by atoms with E-state index in [1.54, 1.807) is 0 Å². The zero-order chi connectivity index (χ0) is 27.4. The number of hydrogen-bond donors (Lipinski definition) is 1. The quantitative estimate of drug-likeness (QED) is 0.201. The highest BCUT2D eigenvalue weighted by atomic mass is 79.9. The van der Waals surface area contributed by atoms with Gasteiger partial charge in [0.2, 0.25) is 0 Å². The molecule has 1 fully saturated rings. The van der Waals surface area contributed by atoms with Crippen LogP contribution in [-0.4, -0.2) is 43.2 Å². The highest BCUT2D eigenvalue weighted by Crippen LogP contribution is 2.34. The molecule has 0 bridgehead atoms. The maximum absolute atomic E-state index is 14.0. The van der Waals surface area contributed by atoms with Crippen molar-refractivity contribution in [3.8, 4) is 11.5 Å². The highest BCUT2D eigenvalue weighted by Gasteiger charge is 2.35. The molecular formula is C30H28BrClF2N2O3. The molecule has 0 unspecified atom stereocenters. The number of nitrogens with one attached hydrogen (secondary N) is 1. The lowest BCUT2D eigenvalue weighted by Crippen LogP contribution is -2.39. The van der Waals surface area contributed by atoms with Gasteiger partial charge in [0.25, 0.3) is 5.91 Å². The number of amides is 1. The Morgan fingerprint density at radius 1 is 1.03 bits per heavy atom. The summed E-state index contributed by atoms with van der Waals surface area (Å²) in [5, 5.41) is 3.15. The Morgan fingerprint density at radius 2 is 1.77 bits per heavy atom. The Kier molecular flexibility index (Phi) is 8.85. The fourth-order valence-corrected chi connectivity index (χ4v) is 5.20. The van der Waals surface area contributed by atoms with E-state index >= 15 is 0 Å². The van der Waals surface area contributed by atoms with E-state index < -0.39 is 17.4 Å². The molecule has 0 spiro atoms. The summed E-state index contributed by atoms with van der Waals surface area (Å²) < 4.78 is 39.7. The van der Waals surface area contributed by atoms with Crippen LogP contribution in [0, 0.1) is 11.6 Å². The molecule has 1 saturated carbocycles. The summed E-state index contributed by atoms with van der Waals surface area (Å²) in [5.41, 5.74) is 3.91. The van der Waals surface area contributed by atoms with Crippen LogP contribution in [0.1, 0.15) is 30.4 Å². The summed E-state index contributed by atoms with van der Waals surface area (Å²) in [6.07, 6.45) is 2.80. The minimum Gasteiger partial charge on any atom is -0.490 e. The third kappa shape index (κ3) is 6.62. The molecule has 1 N–H and O–H groups in total. The molecule has 2 aliphatic rings. The van der Waals surface area contributed by atoms with Crippen molar-refractivity contribution in [2.24, 2.45) is 0 Å². The van der Waals surface area contributed by atoms with Crippen molar-refractivity contribution in [2.75, 3.05) is 26.3 Å². The number of hydrogen-bond acceptors (Lipinski definition) is 4. The van der Waals surface area contributed by atoms with Crippen LogP contribution in [-0.2, 0) is 11.3 Å². The van der Waals surface area contributed by atoms with Crippen LogP contribution in [0.2, 0.25) is 5.02 Å². The van der Waals surface area contributed by atoms with Crippen molar-refractivity contribution in [1.29, 1.82) is 0 Å². The second kappa shape index (κ2) is 12.5. The van der Waals surface area contributed by atoms with Gasteiger partial charge in [-0.25, -0.2) is 8.78 Å². The van der Waals surface area contributed by atoms with Gasteiger partial charge in [-0.3, -0.25) is 4.79 Å². The standard InChI is InChI=1S/C30H28BrClF2N2O3/c31-25-4-2-1-3-20(25)18-36(21-7-8-21)30(37)24-17-35-14-13-23(24)19-5-9-22(10-6-19)38-15-16-39-29-27(33)12-11-26(32)28(29)34/h1-6,9-12,21,35H,7-8,13-18H2. The second-order valence-electron chi connectivity index (χ2n) is 9.53. The van der Waals surface area contributed by atoms with Gasteiger partial charge in [-0.1, -0.05) is 57.9 Å². The molecule has 1 aliphatic heterocycles. The van der Waals surface area contributed by atoms with Crippen molar-refractivity contribution in [1.82, 2.24) is 10.2 Å². The summed E-state index contributed by atoms with van der Waals surface area (Å²) in [7, 11) is 0. The van der Waals surface area contributed by atoms with E-state index in [1.165, 1.54) is 0 Å². The number of carbonyl (C=O) groups excluding carboxylic acids is 1. The van der Waals surface area contributed by atoms with E-state index in [2.05, 4.69) is 21.2 Å². The van der Waals surface area contributed by atoms with Crippen LogP contribution in [0.25, 0.3) is 5.57 Å². The molecule has 5 rings (SSSR count). The van der Waals surface area contributed by atoms with E-state index in [1.807, 2.05) is 53.4 Å². The summed E-state index contributed by atoms with van der Waals surface area (Å²) >= 11 is 9.31. The molecule has 1 aliphatic carbocycles. The van der Waals surface area contributed by atoms with Crippen LogP contribution >= 0.6 is 27.5 Å². The Morgan fingerprint density at radius 3 is 2.51 bits per heavy atom. The Hall–Kier alpha value is -2.94. The first kappa shape index (κ1) is 27.6. The predicted octanol–water partition coefficient (Wildman–Crippen LogP) is 6.78. The molecule has 1 heterocycles. The lowest BCUT2D eigenvalue weighted by Gasteiger charge is -2.28. The van der Waals surface area contributed by atoms with E-state index in [0.29, 0.717) is 18.8 Å². The first-order chi connectivity index (χ1) is 18.9. The molecule has 204 valence electrons. The molecule has 39 heavy (non-hydrogen) atoms. The molecule has 9 heteroatoms. The second-order valence-corrected chi connectivity index (χ2v) is 10.8. The highest BCUT2D eigenvalue weighted by molar-refractivity contribution is 9.10. The number of rotatable bonds is 10. The normalized spacial score (nSPS) is 15.3. The van der Waals surface area contributed by atoms with Gasteiger partial charge in [0.1, 0.15) is 19.0 Å². The minimum absolute atomic E-state index is 0.0556. The predicted molar refractivity (Wildman–Crippen MR) is 151 cm³/mol. The van der Waals surface area contributed by atoms with Crippen molar-refractivity contribution in [3.63, 3.8) is 0 Å². The average molecular weight is 618 g/mol. The molecule has 5 nitrogen and oxygen atoms in total. The molecule has 0 atom stereocenters. The molecule has 3 aromatic carbocycles. The third-order valence-electron chi connectivity index (χ3n) is 6.83. The summed E-state index contributed by atoms with van der Waals surface area (Å²) in [5.74, 6) is -1.60. The fraction of sp³-hybridized carbons (Fsp3) is 0.300. The van der Waals surface area contributed by atoms with Crippen molar-refractivity contribution in [3.05, 3.63) is 98.5 Å². The lowest BCUT2D eigenvalue weighted by molar-refractivity contribution is -0.128. The monoisotopic (exact) mass is 616 g/mol. The maximum atomic E-state index is 14.0. The molecule has 0 saturated heterocycles. The smallest absolute Gasteiger partial charge is 0.251 e. The number of nitrogens with zero attached hydrogens (tertiary/aromatic N) is 1.